The number of hydrogen-bond acceptors (Lipinski definition) is 5. The number of hydrogen-bond donors (Lipinski definition) is 2. The zero-order valence-corrected chi connectivity index (χ0v) is 13.4. The van der Waals surface area contributed by atoms with Crippen molar-refractivity contribution in [1.29, 1.82) is 5.41 Å². The van der Waals surface area contributed by atoms with Crippen molar-refractivity contribution < 1.29 is 26.7 Å². The van der Waals surface area contributed by atoms with Crippen molar-refractivity contribution in [2.45, 2.75) is 11.2 Å². The maximum absolute atomic E-state index is 13.1. The summed E-state index contributed by atoms with van der Waals surface area (Å²) in [5.74, 6) is -2.66. The molecule has 1 unspecified atom stereocenters. The highest BCUT2D eigenvalue weighted by Crippen LogP contribution is 2.24. The maximum atomic E-state index is 13.1. The highest BCUT2D eigenvalue weighted by molar-refractivity contribution is 9.10. The Morgan fingerprint density at radius 2 is 2.09 bits per heavy atom. The number of aromatic nitrogens is 2. The predicted molar refractivity (Wildman–Crippen MR) is 76.2 cm³/mol. The van der Waals surface area contributed by atoms with E-state index < -0.39 is 45.5 Å². The van der Waals surface area contributed by atoms with Crippen LogP contribution < -0.4 is 5.32 Å². The summed E-state index contributed by atoms with van der Waals surface area (Å²) in [5.41, 5.74) is -0.160. The number of halogens is 5. The number of nitrogens with zero attached hydrogens (tertiary/aromatic N) is 2. The summed E-state index contributed by atoms with van der Waals surface area (Å²) in [6, 6.07) is 3.72. The van der Waals surface area contributed by atoms with Gasteiger partial charge in [-0.05, 0) is 39.3 Å². The fraction of sp³-hybridized carbons (Fsp3) is 0.182. The van der Waals surface area contributed by atoms with Gasteiger partial charge in [-0.3, -0.25) is 5.41 Å². The number of benzene rings is 1. The summed E-state index contributed by atoms with van der Waals surface area (Å²) in [6.45, 7) is 0. The van der Waals surface area contributed by atoms with Gasteiger partial charge in [0.25, 0.3) is 0 Å². The fourth-order valence-corrected chi connectivity index (χ4v) is 2.76. The molecule has 0 saturated heterocycles. The Balaban J connectivity index is 2.17. The smallest absolute Gasteiger partial charge is 0.433 e. The molecule has 23 heavy (non-hydrogen) atoms. The van der Waals surface area contributed by atoms with Crippen molar-refractivity contribution in [3.05, 3.63) is 34.2 Å². The van der Waals surface area contributed by atoms with Crippen LogP contribution in [0.5, 0.6) is 0 Å². The molecule has 2 rings (SSSR count). The molecule has 0 saturated carbocycles. The van der Waals surface area contributed by atoms with E-state index in [2.05, 4.69) is 36.2 Å². The molecule has 0 radical (unpaired) electrons. The lowest BCUT2D eigenvalue weighted by atomic mass is 10.3. The molecule has 0 fully saturated rings. The van der Waals surface area contributed by atoms with Crippen molar-refractivity contribution in [3.63, 3.8) is 0 Å². The van der Waals surface area contributed by atoms with Crippen molar-refractivity contribution in [3.8, 4) is 0 Å². The lowest BCUT2D eigenvalue weighted by molar-refractivity contribution is -0.106. The highest BCUT2D eigenvalue weighted by atomic mass is 79.9. The van der Waals surface area contributed by atoms with E-state index in [0.29, 0.717) is 0 Å². The topological polar surface area (TPSA) is 97.9 Å². The number of anilines is 1. The molecule has 0 bridgehead atoms. The second kappa shape index (κ2) is 6.84. The van der Waals surface area contributed by atoms with Crippen LogP contribution in [0, 0.1) is 11.2 Å². The molecule has 1 heterocycles. The SMILES string of the molecule is N=C(Nc1ccc(F)c(Br)c1)c1nonc1[S+]([O-])CC(F)(F)F. The summed E-state index contributed by atoms with van der Waals surface area (Å²) in [6.07, 6.45) is -4.67. The van der Waals surface area contributed by atoms with Crippen LogP contribution in [0.1, 0.15) is 5.69 Å². The maximum Gasteiger partial charge on any atom is 0.433 e. The van der Waals surface area contributed by atoms with Gasteiger partial charge in [0.15, 0.2) is 5.84 Å². The first-order chi connectivity index (χ1) is 10.7. The largest absolute Gasteiger partial charge is 0.610 e. The molecule has 2 aromatic rings. The first-order valence-corrected chi connectivity index (χ1v) is 7.87. The van der Waals surface area contributed by atoms with E-state index in [1.807, 2.05) is 0 Å². The Labute approximate surface area is 138 Å². The average molecular weight is 415 g/mol. The average Bonchev–Trinajstić information content (AvgIpc) is 2.90. The molecule has 124 valence electrons. The molecular formula is C11H7BrF4N4O2S. The summed E-state index contributed by atoms with van der Waals surface area (Å²) in [4.78, 5) is 0. The molecule has 0 amide bonds. The minimum Gasteiger partial charge on any atom is -0.610 e. The molecule has 2 N–H and O–H groups in total. The molecule has 0 aliphatic rings. The first kappa shape index (κ1) is 17.7. The molecule has 1 aromatic carbocycles. The highest BCUT2D eigenvalue weighted by Gasteiger charge is 2.39. The van der Waals surface area contributed by atoms with E-state index in [0.717, 1.165) is 6.07 Å². The quantitative estimate of drug-likeness (QED) is 0.346. The second-order valence-electron chi connectivity index (χ2n) is 4.15. The van der Waals surface area contributed by atoms with E-state index in [9.17, 15) is 22.1 Å². The predicted octanol–water partition coefficient (Wildman–Crippen LogP) is 3.08. The second-order valence-corrected chi connectivity index (χ2v) is 6.37. The Hall–Kier alpha value is -1.66. The Morgan fingerprint density at radius 1 is 1.39 bits per heavy atom. The number of rotatable bonds is 4. The van der Waals surface area contributed by atoms with Crippen molar-refractivity contribution in [1.82, 2.24) is 10.3 Å². The number of amidine groups is 1. The van der Waals surface area contributed by atoms with Crippen LogP contribution in [-0.4, -0.2) is 32.6 Å². The van der Waals surface area contributed by atoms with Crippen LogP contribution >= 0.6 is 15.9 Å². The van der Waals surface area contributed by atoms with Crippen LogP contribution in [0.4, 0.5) is 23.2 Å². The van der Waals surface area contributed by atoms with Crippen molar-refractivity contribution in [2.75, 3.05) is 11.1 Å². The van der Waals surface area contributed by atoms with Crippen LogP contribution in [0.3, 0.4) is 0 Å². The molecule has 6 nitrogen and oxygen atoms in total. The van der Waals surface area contributed by atoms with E-state index in [4.69, 9.17) is 5.41 Å². The Bertz CT molecular complexity index is 724. The van der Waals surface area contributed by atoms with Gasteiger partial charge >= 0.3 is 11.2 Å². The van der Waals surface area contributed by atoms with Gasteiger partial charge in [0.2, 0.25) is 11.4 Å². The van der Waals surface area contributed by atoms with Gasteiger partial charge in [0, 0.05) is 22.0 Å². The molecule has 1 atom stereocenters. The summed E-state index contributed by atoms with van der Waals surface area (Å²) < 4.78 is 66.0. The summed E-state index contributed by atoms with van der Waals surface area (Å²) in [5, 5.41) is 16.1. The van der Waals surface area contributed by atoms with Crippen LogP contribution in [0.15, 0.2) is 32.3 Å². The Morgan fingerprint density at radius 3 is 2.70 bits per heavy atom. The van der Waals surface area contributed by atoms with Gasteiger partial charge in [-0.2, -0.15) is 13.2 Å². The standard InChI is InChI=1S/C11H7BrF4N4O2S/c12-6-3-5(1-2-7(6)13)18-9(17)8-10(20-22-19-8)23(21)4-11(14,15)16/h1-3H,4H2,(H2,17,18). The van der Waals surface area contributed by atoms with Crippen LogP contribution in [-0.2, 0) is 11.2 Å². The van der Waals surface area contributed by atoms with Gasteiger partial charge in [0.05, 0.1) is 4.47 Å². The van der Waals surface area contributed by atoms with Crippen molar-refractivity contribution >= 4 is 38.6 Å². The zero-order chi connectivity index (χ0) is 17.2. The van der Waals surface area contributed by atoms with Crippen LogP contribution in [0.25, 0.3) is 0 Å². The minimum absolute atomic E-state index is 0.120. The lowest BCUT2D eigenvalue weighted by Crippen LogP contribution is -2.25. The third-order valence-electron chi connectivity index (χ3n) is 2.39. The van der Waals surface area contributed by atoms with Gasteiger partial charge in [-0.1, -0.05) is 0 Å². The Kier molecular flexibility index (Phi) is 5.26. The molecule has 12 heteroatoms. The van der Waals surface area contributed by atoms with E-state index in [-0.39, 0.29) is 10.2 Å². The third kappa shape index (κ3) is 4.65. The van der Waals surface area contributed by atoms with Gasteiger partial charge < -0.3 is 9.87 Å². The monoisotopic (exact) mass is 414 g/mol. The fourth-order valence-electron chi connectivity index (χ4n) is 1.48. The van der Waals surface area contributed by atoms with Crippen molar-refractivity contribution in [2.24, 2.45) is 0 Å². The third-order valence-corrected chi connectivity index (χ3v) is 4.29. The van der Waals surface area contributed by atoms with Crippen LogP contribution in [0.2, 0.25) is 0 Å². The van der Waals surface area contributed by atoms with E-state index in [1.54, 1.807) is 0 Å². The van der Waals surface area contributed by atoms with E-state index >= 15 is 0 Å². The molecule has 0 spiro atoms. The summed E-state index contributed by atoms with van der Waals surface area (Å²) in [7, 11) is 0. The lowest BCUT2D eigenvalue weighted by Gasteiger charge is -2.11. The van der Waals surface area contributed by atoms with Gasteiger partial charge in [-0.15, -0.1) is 0 Å². The number of nitrogens with one attached hydrogen (secondary N) is 2. The molecular weight excluding hydrogens is 408 g/mol. The summed E-state index contributed by atoms with van der Waals surface area (Å²) >= 11 is 0.387. The molecule has 0 aliphatic carbocycles. The molecule has 0 aliphatic heterocycles. The normalized spacial score (nSPS) is 13.0. The van der Waals surface area contributed by atoms with E-state index in [1.165, 1.54) is 12.1 Å². The van der Waals surface area contributed by atoms with Gasteiger partial charge in [-0.25, -0.2) is 9.02 Å². The van der Waals surface area contributed by atoms with Gasteiger partial charge in [0.1, 0.15) is 5.82 Å². The first-order valence-electron chi connectivity index (χ1n) is 5.76. The number of alkyl halides is 3. The zero-order valence-electron chi connectivity index (χ0n) is 10.9. The molecule has 1 aromatic heterocycles. The minimum atomic E-state index is -4.67.